The molecular weight excluding hydrogens is 180 g/mol. The van der Waals surface area contributed by atoms with E-state index in [1.807, 2.05) is 5.92 Å². The lowest BCUT2D eigenvalue weighted by molar-refractivity contribution is -0.196. The number of alkyl halides is 4. The second kappa shape index (κ2) is 3.95. The second-order valence-electron chi connectivity index (χ2n) is 1.68. The Morgan fingerprint density at radius 1 is 1.50 bits per heavy atom. The molecule has 6 heteroatoms. The maximum atomic E-state index is 12.0. The molecule has 0 aliphatic heterocycles. The lowest BCUT2D eigenvalue weighted by atomic mass is 10.4. The molecule has 0 aliphatic rings. The van der Waals surface area contributed by atoms with Crippen molar-refractivity contribution < 1.29 is 27.1 Å². The van der Waals surface area contributed by atoms with Gasteiger partial charge in [-0.05, 0) is 0 Å². The summed E-state index contributed by atoms with van der Waals surface area (Å²) in [5.41, 5.74) is 0. The van der Waals surface area contributed by atoms with Gasteiger partial charge in [0.15, 0.2) is 0 Å². The van der Waals surface area contributed by atoms with Crippen molar-refractivity contribution in [2.45, 2.75) is 19.3 Å². The minimum Gasteiger partial charge on any atom is -0.370 e. The standard InChI is InChI=1S/C6H4F4O2/c1-2-3-12-5(11)4(7)6(8,9)10/h4H,1H3. The van der Waals surface area contributed by atoms with Gasteiger partial charge >= 0.3 is 12.1 Å². The van der Waals surface area contributed by atoms with Crippen LogP contribution in [0.2, 0.25) is 0 Å². The van der Waals surface area contributed by atoms with Crippen LogP contribution in [0.3, 0.4) is 0 Å². The summed E-state index contributed by atoms with van der Waals surface area (Å²) in [4.78, 5) is 10.1. The fourth-order valence-electron chi connectivity index (χ4n) is 0.287. The molecule has 0 amide bonds. The Balaban J connectivity index is 4.17. The van der Waals surface area contributed by atoms with Crippen LogP contribution in [0.5, 0.6) is 0 Å². The average molecular weight is 184 g/mol. The summed E-state index contributed by atoms with van der Waals surface area (Å²) >= 11 is 0. The summed E-state index contributed by atoms with van der Waals surface area (Å²) in [6.07, 6.45) is -7.29. The highest BCUT2D eigenvalue weighted by Crippen LogP contribution is 2.23. The smallest absolute Gasteiger partial charge is 0.370 e. The van der Waals surface area contributed by atoms with Crippen LogP contribution in [0.1, 0.15) is 6.92 Å². The van der Waals surface area contributed by atoms with Crippen molar-refractivity contribution in [3.8, 4) is 12.0 Å². The normalized spacial score (nSPS) is 12.8. The third-order valence-corrected chi connectivity index (χ3v) is 0.748. The lowest BCUT2D eigenvalue weighted by Crippen LogP contribution is -2.33. The van der Waals surface area contributed by atoms with E-state index >= 15 is 0 Å². The van der Waals surface area contributed by atoms with Gasteiger partial charge in [0.1, 0.15) is 6.11 Å². The topological polar surface area (TPSA) is 26.3 Å². The van der Waals surface area contributed by atoms with E-state index in [1.165, 1.54) is 6.92 Å². The summed E-state index contributed by atoms with van der Waals surface area (Å²) in [5, 5.41) is 0. The van der Waals surface area contributed by atoms with E-state index in [4.69, 9.17) is 0 Å². The number of hydrogen-bond donors (Lipinski definition) is 0. The molecule has 0 aromatic rings. The Morgan fingerprint density at radius 2 is 2.00 bits per heavy atom. The van der Waals surface area contributed by atoms with Gasteiger partial charge in [0, 0.05) is 6.92 Å². The van der Waals surface area contributed by atoms with Gasteiger partial charge in [-0.3, -0.25) is 0 Å². The second-order valence-corrected chi connectivity index (χ2v) is 1.68. The third-order valence-electron chi connectivity index (χ3n) is 0.748. The van der Waals surface area contributed by atoms with E-state index < -0.39 is 18.3 Å². The molecule has 68 valence electrons. The quantitative estimate of drug-likeness (QED) is 0.350. The highest BCUT2D eigenvalue weighted by Gasteiger charge is 2.46. The van der Waals surface area contributed by atoms with Gasteiger partial charge in [-0.2, -0.15) is 13.2 Å². The SMILES string of the molecule is CC#COC(=O)C(F)C(F)(F)F. The molecule has 0 aromatic carbocycles. The maximum Gasteiger partial charge on any atom is 0.430 e. The largest absolute Gasteiger partial charge is 0.430 e. The lowest BCUT2D eigenvalue weighted by Gasteiger charge is -2.07. The summed E-state index contributed by atoms with van der Waals surface area (Å²) < 4.78 is 49.8. The Morgan fingerprint density at radius 3 is 2.33 bits per heavy atom. The van der Waals surface area contributed by atoms with Gasteiger partial charge in [0.25, 0.3) is 6.17 Å². The minimum atomic E-state index is -5.23. The molecule has 0 fully saturated rings. The van der Waals surface area contributed by atoms with E-state index in [0.29, 0.717) is 0 Å². The molecule has 1 unspecified atom stereocenters. The molecular formula is C6H4F4O2. The highest BCUT2D eigenvalue weighted by atomic mass is 19.4. The monoisotopic (exact) mass is 184 g/mol. The van der Waals surface area contributed by atoms with Crippen molar-refractivity contribution in [1.29, 1.82) is 0 Å². The van der Waals surface area contributed by atoms with Crippen LogP contribution in [-0.2, 0) is 9.53 Å². The summed E-state index contributed by atoms with van der Waals surface area (Å²) in [6, 6.07) is 0. The highest BCUT2D eigenvalue weighted by molar-refractivity contribution is 5.76. The first-order chi connectivity index (χ1) is 5.39. The molecule has 1 atom stereocenters. The first-order valence-corrected chi connectivity index (χ1v) is 2.72. The fraction of sp³-hybridized carbons (Fsp3) is 0.500. The van der Waals surface area contributed by atoms with Gasteiger partial charge in [0.05, 0.1) is 0 Å². The van der Waals surface area contributed by atoms with Crippen LogP contribution < -0.4 is 0 Å². The van der Waals surface area contributed by atoms with Crippen LogP contribution in [0.25, 0.3) is 0 Å². The Hall–Kier alpha value is -1.25. The molecule has 0 rings (SSSR count). The molecule has 2 nitrogen and oxygen atoms in total. The van der Waals surface area contributed by atoms with E-state index in [0.717, 1.165) is 0 Å². The van der Waals surface area contributed by atoms with Crippen LogP contribution in [-0.4, -0.2) is 18.3 Å². The molecule has 0 aromatic heterocycles. The van der Waals surface area contributed by atoms with Crippen molar-refractivity contribution >= 4 is 5.97 Å². The Bertz CT molecular complexity index is 222. The Labute approximate surface area is 65.5 Å². The predicted octanol–water partition coefficient (Wildman–Crippen LogP) is 1.41. The molecule has 0 saturated heterocycles. The van der Waals surface area contributed by atoms with Crippen LogP contribution in [0.4, 0.5) is 17.6 Å². The molecule has 0 N–H and O–H groups in total. The summed E-state index contributed by atoms with van der Waals surface area (Å²) in [7, 11) is 0. The number of rotatable bonds is 1. The van der Waals surface area contributed by atoms with Gasteiger partial charge in [-0.25, -0.2) is 9.18 Å². The zero-order valence-electron chi connectivity index (χ0n) is 5.91. The number of halogens is 4. The van der Waals surface area contributed by atoms with Crippen molar-refractivity contribution in [1.82, 2.24) is 0 Å². The molecule has 0 bridgehead atoms. The number of ether oxygens (including phenoxy) is 1. The van der Waals surface area contributed by atoms with Gasteiger partial charge in [-0.15, -0.1) is 0 Å². The van der Waals surface area contributed by atoms with Crippen LogP contribution in [0.15, 0.2) is 0 Å². The number of carbonyl (C=O) groups is 1. The molecule has 0 aliphatic carbocycles. The number of hydrogen-bond acceptors (Lipinski definition) is 2. The average Bonchev–Trinajstić information content (AvgIpc) is 1.97. The zero-order chi connectivity index (χ0) is 9.78. The van der Waals surface area contributed by atoms with Gasteiger partial charge < -0.3 is 4.74 Å². The van der Waals surface area contributed by atoms with Crippen molar-refractivity contribution in [3.05, 3.63) is 0 Å². The van der Waals surface area contributed by atoms with E-state index in [9.17, 15) is 22.4 Å². The molecule has 0 saturated carbocycles. The van der Waals surface area contributed by atoms with Gasteiger partial charge in [-0.1, -0.05) is 5.92 Å². The third kappa shape index (κ3) is 3.23. The number of esters is 1. The summed E-state index contributed by atoms with van der Waals surface area (Å²) in [6.45, 7) is 1.23. The van der Waals surface area contributed by atoms with Crippen LogP contribution in [0, 0.1) is 12.0 Å². The van der Waals surface area contributed by atoms with E-state index in [1.54, 1.807) is 6.11 Å². The maximum absolute atomic E-state index is 12.0. The number of carbonyl (C=O) groups excluding carboxylic acids is 1. The van der Waals surface area contributed by atoms with E-state index in [2.05, 4.69) is 4.74 Å². The zero-order valence-corrected chi connectivity index (χ0v) is 5.91. The molecule has 0 heterocycles. The summed E-state index contributed by atoms with van der Waals surface area (Å²) in [5.74, 6) is -0.0667. The van der Waals surface area contributed by atoms with Crippen LogP contribution >= 0.6 is 0 Å². The van der Waals surface area contributed by atoms with Crippen molar-refractivity contribution in [3.63, 3.8) is 0 Å². The van der Waals surface area contributed by atoms with E-state index in [-0.39, 0.29) is 0 Å². The predicted molar refractivity (Wildman–Crippen MR) is 30.5 cm³/mol. The van der Waals surface area contributed by atoms with Gasteiger partial charge in [0.2, 0.25) is 0 Å². The molecule has 0 spiro atoms. The van der Waals surface area contributed by atoms with Crippen molar-refractivity contribution in [2.24, 2.45) is 0 Å². The molecule has 12 heavy (non-hydrogen) atoms. The van der Waals surface area contributed by atoms with Crippen molar-refractivity contribution in [2.75, 3.05) is 0 Å². The first kappa shape index (κ1) is 10.8. The fourth-order valence-corrected chi connectivity index (χ4v) is 0.287. The minimum absolute atomic E-state index is 1.23. The first-order valence-electron chi connectivity index (χ1n) is 2.72. The molecule has 0 radical (unpaired) electrons. The Kier molecular flexibility index (Phi) is 3.54.